The van der Waals surface area contributed by atoms with E-state index in [4.69, 9.17) is 11.6 Å². The Morgan fingerprint density at radius 2 is 1.94 bits per heavy atom. The number of aromatic nitrogens is 2. The molecule has 8 nitrogen and oxygen atoms in total. The van der Waals surface area contributed by atoms with Gasteiger partial charge in [0.25, 0.3) is 5.69 Å². The highest BCUT2D eigenvalue weighted by atomic mass is 35.5. The molecule has 0 aliphatic heterocycles. The maximum absolute atomic E-state index is 11.8. The topological polar surface area (TPSA) is 87.4 Å². The molecule has 0 bridgehead atoms. The van der Waals surface area contributed by atoms with E-state index in [0.29, 0.717) is 28.9 Å². The van der Waals surface area contributed by atoms with Crippen molar-refractivity contribution in [2.24, 2.45) is 0 Å². The van der Waals surface area contributed by atoms with Crippen molar-refractivity contribution < 1.29 is 4.92 Å². The Morgan fingerprint density at radius 1 is 1.15 bits per heavy atom. The van der Waals surface area contributed by atoms with Crippen LogP contribution in [0.25, 0.3) is 21.3 Å². The highest BCUT2D eigenvalue weighted by molar-refractivity contribution is 7.17. The number of nitro groups is 1. The Labute approximate surface area is 200 Å². The predicted molar refractivity (Wildman–Crippen MR) is 136 cm³/mol. The van der Waals surface area contributed by atoms with Crippen LogP contribution in [-0.4, -0.2) is 54.0 Å². The first-order valence-electron chi connectivity index (χ1n) is 10.2. The fourth-order valence-electron chi connectivity index (χ4n) is 3.44. The largest absolute Gasteiger partial charge is 0.368 e. The maximum atomic E-state index is 11.8. The average molecular weight is 483 g/mol. The van der Waals surface area contributed by atoms with Crippen molar-refractivity contribution in [1.82, 2.24) is 14.9 Å². The van der Waals surface area contributed by atoms with Crippen LogP contribution < -0.4 is 10.2 Å². The standard InChI is InChI=1S/C23H23ClN6O2S/c1-28(2)10-11-29(3)20-12-17(24)19(13-21(20)30(31)32)27-23-25-9-8-18(26-23)16-14-33-22-7-5-4-6-15(16)22/h4-9,12-14H,10-11H2,1-3H3,(H,25,26,27). The molecule has 2 aromatic carbocycles. The first-order chi connectivity index (χ1) is 15.8. The van der Waals surface area contributed by atoms with E-state index in [1.807, 2.05) is 49.1 Å². The SMILES string of the molecule is CN(C)CCN(C)c1cc(Cl)c(Nc2nccc(-c3csc4ccccc34)n2)cc1[N+](=O)[O-]. The van der Waals surface area contributed by atoms with E-state index in [1.165, 1.54) is 10.8 Å². The predicted octanol–water partition coefficient (Wildman–Crippen LogP) is 5.66. The minimum absolute atomic E-state index is 0.0388. The number of fused-ring (bicyclic) bond motifs is 1. The highest BCUT2D eigenvalue weighted by Crippen LogP contribution is 2.38. The molecule has 2 heterocycles. The van der Waals surface area contributed by atoms with Crippen molar-refractivity contribution in [3.63, 3.8) is 0 Å². The van der Waals surface area contributed by atoms with Gasteiger partial charge in [-0.2, -0.15) is 0 Å². The van der Waals surface area contributed by atoms with E-state index >= 15 is 0 Å². The lowest BCUT2D eigenvalue weighted by Gasteiger charge is -2.22. The summed E-state index contributed by atoms with van der Waals surface area (Å²) < 4.78 is 1.17. The zero-order valence-corrected chi connectivity index (χ0v) is 20.0. The van der Waals surface area contributed by atoms with Crippen LogP contribution in [0.5, 0.6) is 0 Å². The number of hydrogen-bond acceptors (Lipinski definition) is 8. The number of nitro benzene ring substituents is 1. The lowest BCUT2D eigenvalue weighted by atomic mass is 10.1. The van der Waals surface area contributed by atoms with Crippen molar-refractivity contribution in [2.45, 2.75) is 0 Å². The monoisotopic (exact) mass is 482 g/mol. The normalized spacial score (nSPS) is 11.2. The molecule has 0 radical (unpaired) electrons. The number of benzene rings is 2. The Morgan fingerprint density at radius 3 is 2.70 bits per heavy atom. The summed E-state index contributed by atoms with van der Waals surface area (Å²) in [6.07, 6.45) is 1.66. The van der Waals surface area contributed by atoms with Crippen molar-refractivity contribution in [1.29, 1.82) is 0 Å². The summed E-state index contributed by atoms with van der Waals surface area (Å²) >= 11 is 8.16. The van der Waals surface area contributed by atoms with Gasteiger partial charge in [-0.05, 0) is 32.3 Å². The van der Waals surface area contributed by atoms with Gasteiger partial charge in [-0.1, -0.05) is 29.8 Å². The fourth-order valence-corrected chi connectivity index (χ4v) is 4.59. The first-order valence-corrected chi connectivity index (χ1v) is 11.5. The Balaban J connectivity index is 1.65. The van der Waals surface area contributed by atoms with Crippen LogP contribution in [0.1, 0.15) is 0 Å². The number of halogens is 1. The molecule has 0 amide bonds. The van der Waals surface area contributed by atoms with Crippen molar-refractivity contribution >= 4 is 56.0 Å². The molecule has 4 aromatic rings. The van der Waals surface area contributed by atoms with Gasteiger partial charge in [-0.15, -0.1) is 11.3 Å². The van der Waals surface area contributed by atoms with Crippen LogP contribution in [0.2, 0.25) is 5.02 Å². The van der Waals surface area contributed by atoms with Crippen LogP contribution in [-0.2, 0) is 0 Å². The third-order valence-corrected chi connectivity index (χ3v) is 6.49. The van der Waals surface area contributed by atoms with E-state index in [2.05, 4.69) is 32.8 Å². The summed E-state index contributed by atoms with van der Waals surface area (Å²) in [7, 11) is 5.72. The van der Waals surface area contributed by atoms with Gasteiger partial charge >= 0.3 is 0 Å². The fraction of sp³-hybridized carbons (Fsp3) is 0.217. The second-order valence-electron chi connectivity index (χ2n) is 7.84. The van der Waals surface area contributed by atoms with Crippen molar-refractivity contribution in [3.05, 3.63) is 69.2 Å². The summed E-state index contributed by atoms with van der Waals surface area (Å²) in [5, 5.41) is 18.4. The number of hydrogen-bond donors (Lipinski definition) is 1. The lowest BCUT2D eigenvalue weighted by molar-refractivity contribution is -0.384. The molecule has 2 aromatic heterocycles. The number of nitrogens with one attached hydrogen (secondary N) is 1. The van der Waals surface area contributed by atoms with E-state index in [-0.39, 0.29) is 5.69 Å². The molecule has 0 spiro atoms. The van der Waals surface area contributed by atoms with Crippen LogP contribution in [0, 0.1) is 10.1 Å². The van der Waals surface area contributed by atoms with Gasteiger partial charge in [0.05, 0.1) is 21.3 Å². The zero-order chi connectivity index (χ0) is 23.5. The molecule has 0 aliphatic rings. The molecular formula is C23H23ClN6O2S. The number of anilines is 3. The molecule has 1 N–H and O–H groups in total. The highest BCUT2D eigenvalue weighted by Gasteiger charge is 2.21. The summed E-state index contributed by atoms with van der Waals surface area (Å²) in [6.45, 7) is 1.37. The van der Waals surface area contributed by atoms with Crippen molar-refractivity contribution in [3.8, 4) is 11.3 Å². The van der Waals surface area contributed by atoms with Gasteiger partial charge in [0, 0.05) is 53.4 Å². The van der Waals surface area contributed by atoms with Crippen molar-refractivity contribution in [2.75, 3.05) is 44.4 Å². The third-order valence-electron chi connectivity index (χ3n) is 5.21. The molecule has 0 atom stereocenters. The maximum Gasteiger partial charge on any atom is 0.294 e. The second-order valence-corrected chi connectivity index (χ2v) is 9.16. The summed E-state index contributed by atoms with van der Waals surface area (Å²) in [6, 6.07) is 13.0. The quantitative estimate of drug-likeness (QED) is 0.256. The van der Waals surface area contributed by atoms with Crippen LogP contribution in [0.3, 0.4) is 0 Å². The number of rotatable bonds is 8. The van der Waals surface area contributed by atoms with E-state index in [9.17, 15) is 10.1 Å². The molecule has 0 unspecified atom stereocenters. The van der Waals surface area contributed by atoms with Gasteiger partial charge in [-0.25, -0.2) is 9.97 Å². The third kappa shape index (κ3) is 5.05. The van der Waals surface area contributed by atoms with Gasteiger partial charge in [0.2, 0.25) is 5.95 Å². The molecule has 10 heteroatoms. The molecule has 0 fully saturated rings. The first kappa shape index (κ1) is 22.9. The van der Waals surface area contributed by atoms with E-state index in [1.54, 1.807) is 23.6 Å². The molecule has 33 heavy (non-hydrogen) atoms. The number of likely N-dealkylation sites (N-methyl/N-ethyl adjacent to an activating group) is 2. The van der Waals surface area contributed by atoms with Crippen LogP contribution >= 0.6 is 22.9 Å². The van der Waals surface area contributed by atoms with E-state index in [0.717, 1.165) is 23.2 Å². The van der Waals surface area contributed by atoms with Gasteiger partial charge in [0.15, 0.2) is 0 Å². The van der Waals surface area contributed by atoms with Gasteiger partial charge < -0.3 is 15.1 Å². The molecule has 170 valence electrons. The lowest BCUT2D eigenvalue weighted by Crippen LogP contribution is -2.28. The summed E-state index contributed by atoms with van der Waals surface area (Å²) in [5.74, 6) is 0.313. The zero-order valence-electron chi connectivity index (χ0n) is 18.4. The van der Waals surface area contributed by atoms with Crippen LogP contribution in [0.4, 0.5) is 23.0 Å². The number of thiophene rings is 1. The minimum atomic E-state index is -0.405. The smallest absolute Gasteiger partial charge is 0.294 e. The Bertz CT molecular complexity index is 1310. The Hall–Kier alpha value is -3.27. The Kier molecular flexibility index (Phi) is 6.73. The number of nitrogens with zero attached hydrogens (tertiary/aromatic N) is 5. The molecule has 0 saturated carbocycles. The molecule has 4 rings (SSSR count). The van der Waals surface area contributed by atoms with E-state index < -0.39 is 4.92 Å². The van der Waals surface area contributed by atoms with Crippen LogP contribution in [0.15, 0.2) is 54.0 Å². The summed E-state index contributed by atoms with van der Waals surface area (Å²) in [4.78, 5) is 24.1. The summed E-state index contributed by atoms with van der Waals surface area (Å²) in [5.41, 5.74) is 2.56. The minimum Gasteiger partial charge on any atom is -0.368 e. The molecule has 0 saturated heterocycles. The van der Waals surface area contributed by atoms with Gasteiger partial charge in [-0.3, -0.25) is 10.1 Å². The van der Waals surface area contributed by atoms with Gasteiger partial charge in [0.1, 0.15) is 5.69 Å². The second kappa shape index (κ2) is 9.70. The average Bonchev–Trinajstić information content (AvgIpc) is 3.23. The molecule has 0 aliphatic carbocycles. The molecular weight excluding hydrogens is 460 g/mol.